The van der Waals surface area contributed by atoms with Crippen molar-refractivity contribution in [2.75, 3.05) is 24.1 Å². The molecule has 2 atom stereocenters. The lowest BCUT2D eigenvalue weighted by atomic mass is 9.99. The molecule has 1 aromatic carbocycles. The van der Waals surface area contributed by atoms with Gasteiger partial charge in [0.1, 0.15) is 0 Å². The van der Waals surface area contributed by atoms with Gasteiger partial charge in [-0.05, 0) is 66.6 Å². The second kappa shape index (κ2) is 5.25. The predicted octanol–water partition coefficient (Wildman–Crippen LogP) is 2.91. The Hall–Kier alpha value is -0.490. The zero-order valence-corrected chi connectivity index (χ0v) is 12.7. The Labute approximate surface area is 122 Å². The number of piperidine rings is 1. The molecule has 3 N–H and O–H groups in total. The fraction of sp³-hybridized carbons (Fsp3) is 0.571. The number of nitrogen functional groups attached to an aromatic ring is 1. The molecule has 1 aromatic rings. The van der Waals surface area contributed by atoms with E-state index >= 15 is 0 Å². The van der Waals surface area contributed by atoms with Gasteiger partial charge in [-0.3, -0.25) is 4.90 Å². The molecule has 0 aromatic heterocycles. The zero-order chi connectivity index (χ0) is 12.5. The number of hydrogen-bond acceptors (Lipinski definition) is 3. The third-order valence-electron chi connectivity index (χ3n) is 4.21. The number of anilines is 2. The van der Waals surface area contributed by atoms with E-state index in [1.165, 1.54) is 42.3 Å². The molecular weight excluding hydrogens is 337 g/mol. The number of nitrogens with zero attached hydrogens (tertiary/aromatic N) is 1. The van der Waals surface area contributed by atoms with Crippen LogP contribution in [-0.4, -0.2) is 30.1 Å². The van der Waals surface area contributed by atoms with E-state index in [1.807, 2.05) is 6.07 Å². The molecule has 2 heterocycles. The molecule has 2 unspecified atom stereocenters. The highest BCUT2D eigenvalue weighted by Crippen LogP contribution is 2.31. The van der Waals surface area contributed by atoms with E-state index in [9.17, 15) is 0 Å². The number of nitrogens with one attached hydrogen (secondary N) is 1. The van der Waals surface area contributed by atoms with Crippen molar-refractivity contribution in [3.8, 4) is 0 Å². The van der Waals surface area contributed by atoms with Crippen molar-refractivity contribution < 1.29 is 0 Å². The van der Waals surface area contributed by atoms with Crippen molar-refractivity contribution in [1.29, 1.82) is 0 Å². The van der Waals surface area contributed by atoms with Crippen LogP contribution in [-0.2, 0) is 0 Å². The van der Waals surface area contributed by atoms with Gasteiger partial charge in [0.2, 0.25) is 0 Å². The van der Waals surface area contributed by atoms with Crippen molar-refractivity contribution in [2.24, 2.45) is 0 Å². The fourth-order valence-corrected chi connectivity index (χ4v) is 3.80. The lowest BCUT2D eigenvalue weighted by Crippen LogP contribution is -2.41. The highest BCUT2D eigenvalue weighted by molar-refractivity contribution is 14.1. The minimum Gasteiger partial charge on any atom is -0.397 e. The van der Waals surface area contributed by atoms with Crippen molar-refractivity contribution >= 4 is 34.0 Å². The molecule has 3 nitrogen and oxygen atoms in total. The average molecular weight is 357 g/mol. The summed E-state index contributed by atoms with van der Waals surface area (Å²) in [4.78, 5) is 2.64. The topological polar surface area (TPSA) is 41.3 Å². The van der Waals surface area contributed by atoms with E-state index in [2.05, 4.69) is 44.9 Å². The van der Waals surface area contributed by atoms with Gasteiger partial charge in [-0.25, -0.2) is 0 Å². The smallest absolute Gasteiger partial charge is 0.0577 e. The van der Waals surface area contributed by atoms with Gasteiger partial charge >= 0.3 is 0 Å². The minimum absolute atomic E-state index is 0.577. The van der Waals surface area contributed by atoms with Gasteiger partial charge < -0.3 is 11.1 Å². The normalized spacial score (nSPS) is 28.1. The van der Waals surface area contributed by atoms with E-state index in [4.69, 9.17) is 5.73 Å². The molecule has 2 saturated heterocycles. The van der Waals surface area contributed by atoms with Gasteiger partial charge in [0.15, 0.2) is 0 Å². The molecule has 0 radical (unpaired) electrons. The Balaban J connectivity index is 1.72. The number of nitrogens with two attached hydrogens (primary N) is 1. The molecule has 2 fully saturated rings. The lowest BCUT2D eigenvalue weighted by molar-refractivity contribution is 0.193. The van der Waals surface area contributed by atoms with Crippen LogP contribution in [0, 0.1) is 3.57 Å². The monoisotopic (exact) mass is 357 g/mol. The zero-order valence-electron chi connectivity index (χ0n) is 10.5. The summed E-state index contributed by atoms with van der Waals surface area (Å²) in [6.07, 6.45) is 5.33. The number of halogens is 1. The summed E-state index contributed by atoms with van der Waals surface area (Å²) in [7, 11) is 0. The first-order chi connectivity index (χ1) is 8.74. The van der Waals surface area contributed by atoms with E-state index in [1.54, 1.807) is 0 Å². The van der Waals surface area contributed by atoms with Gasteiger partial charge in [0.05, 0.1) is 11.4 Å². The predicted molar refractivity (Wildman–Crippen MR) is 84.8 cm³/mol. The number of hydrogen-bond donors (Lipinski definition) is 2. The maximum Gasteiger partial charge on any atom is 0.0577 e. The van der Waals surface area contributed by atoms with Crippen LogP contribution in [0.5, 0.6) is 0 Å². The number of fused-ring (bicyclic) bond motifs is 1. The van der Waals surface area contributed by atoms with Crippen LogP contribution < -0.4 is 11.1 Å². The highest BCUT2D eigenvalue weighted by Gasteiger charge is 2.35. The van der Waals surface area contributed by atoms with Gasteiger partial charge in [0, 0.05) is 22.2 Å². The van der Waals surface area contributed by atoms with Gasteiger partial charge in [-0.1, -0.05) is 6.42 Å². The standard InChI is InChI=1S/C14H20IN3/c15-10-4-5-12(11(16)9-10)17-13-6-8-18-7-2-1-3-14(13)18/h4-5,9,13-14,17H,1-3,6-8,16H2. The molecule has 0 spiro atoms. The molecular formula is C14H20IN3. The summed E-state index contributed by atoms with van der Waals surface area (Å²) in [5, 5.41) is 3.67. The van der Waals surface area contributed by atoms with E-state index < -0.39 is 0 Å². The molecule has 0 bridgehead atoms. The summed E-state index contributed by atoms with van der Waals surface area (Å²) in [5.41, 5.74) is 8.06. The summed E-state index contributed by atoms with van der Waals surface area (Å²) >= 11 is 2.30. The highest BCUT2D eigenvalue weighted by atomic mass is 127. The van der Waals surface area contributed by atoms with Crippen molar-refractivity contribution in [3.05, 3.63) is 21.8 Å². The Morgan fingerprint density at radius 3 is 2.94 bits per heavy atom. The van der Waals surface area contributed by atoms with Crippen molar-refractivity contribution in [1.82, 2.24) is 4.90 Å². The van der Waals surface area contributed by atoms with Gasteiger partial charge in [-0.15, -0.1) is 0 Å². The Morgan fingerprint density at radius 2 is 2.11 bits per heavy atom. The van der Waals surface area contributed by atoms with Crippen LogP contribution in [0.15, 0.2) is 18.2 Å². The Morgan fingerprint density at radius 1 is 1.22 bits per heavy atom. The maximum atomic E-state index is 6.09. The Kier molecular flexibility index (Phi) is 3.66. The molecule has 0 amide bonds. The molecule has 3 rings (SSSR count). The summed E-state index contributed by atoms with van der Waals surface area (Å²) in [6.45, 7) is 2.53. The first-order valence-corrected chi connectivity index (χ1v) is 7.87. The van der Waals surface area contributed by atoms with Crippen molar-refractivity contribution in [2.45, 2.75) is 37.8 Å². The first-order valence-electron chi connectivity index (χ1n) is 6.79. The minimum atomic E-state index is 0.577. The number of rotatable bonds is 2. The van der Waals surface area contributed by atoms with E-state index in [0.717, 1.165) is 17.4 Å². The summed E-state index contributed by atoms with van der Waals surface area (Å²) in [5.74, 6) is 0. The molecule has 0 saturated carbocycles. The summed E-state index contributed by atoms with van der Waals surface area (Å²) < 4.78 is 1.20. The lowest BCUT2D eigenvalue weighted by Gasteiger charge is -2.33. The van der Waals surface area contributed by atoms with Crippen LogP contribution in [0.1, 0.15) is 25.7 Å². The maximum absolute atomic E-state index is 6.09. The quantitative estimate of drug-likeness (QED) is 0.632. The average Bonchev–Trinajstić information content (AvgIpc) is 2.76. The number of benzene rings is 1. The molecule has 4 heteroatoms. The second-order valence-corrected chi connectivity index (χ2v) is 6.62. The fourth-order valence-electron chi connectivity index (χ4n) is 3.28. The van der Waals surface area contributed by atoms with Gasteiger partial charge in [0.25, 0.3) is 0 Å². The van der Waals surface area contributed by atoms with Crippen molar-refractivity contribution in [3.63, 3.8) is 0 Å². The third kappa shape index (κ3) is 2.45. The summed E-state index contributed by atoms with van der Waals surface area (Å²) in [6, 6.07) is 7.57. The van der Waals surface area contributed by atoms with Gasteiger partial charge in [-0.2, -0.15) is 0 Å². The van der Waals surface area contributed by atoms with Crippen LogP contribution in [0.25, 0.3) is 0 Å². The Bertz CT molecular complexity index is 435. The van der Waals surface area contributed by atoms with Crippen LogP contribution in [0.3, 0.4) is 0 Å². The molecule has 2 aliphatic rings. The molecule has 2 aliphatic heterocycles. The largest absolute Gasteiger partial charge is 0.397 e. The molecule has 98 valence electrons. The van der Waals surface area contributed by atoms with Crippen LogP contribution in [0.4, 0.5) is 11.4 Å². The first kappa shape index (κ1) is 12.5. The second-order valence-electron chi connectivity index (χ2n) is 5.37. The van der Waals surface area contributed by atoms with E-state index in [0.29, 0.717) is 6.04 Å². The SMILES string of the molecule is Nc1cc(I)ccc1NC1CCN2CCCCC12. The van der Waals surface area contributed by atoms with Crippen LogP contribution in [0.2, 0.25) is 0 Å². The molecule has 0 aliphatic carbocycles. The van der Waals surface area contributed by atoms with Crippen LogP contribution >= 0.6 is 22.6 Å². The molecule has 18 heavy (non-hydrogen) atoms. The van der Waals surface area contributed by atoms with E-state index in [-0.39, 0.29) is 0 Å². The third-order valence-corrected chi connectivity index (χ3v) is 4.88.